The lowest BCUT2D eigenvalue weighted by Crippen LogP contribution is -2.05. The molecular weight excluding hydrogens is 382 g/mol. The number of thiophene rings is 1. The first-order valence-corrected chi connectivity index (χ1v) is 10.9. The van der Waals surface area contributed by atoms with Crippen LogP contribution in [0.15, 0.2) is 55.4 Å². The van der Waals surface area contributed by atoms with E-state index in [1.54, 1.807) is 23.8 Å². The van der Waals surface area contributed by atoms with Crippen LogP contribution in [0.3, 0.4) is 0 Å². The van der Waals surface area contributed by atoms with E-state index < -0.39 is 0 Å². The number of anilines is 1. The van der Waals surface area contributed by atoms with Gasteiger partial charge in [0.25, 0.3) is 0 Å². The maximum absolute atomic E-state index is 6.19. The Hall–Kier alpha value is -2.24. The van der Waals surface area contributed by atoms with Crippen LogP contribution in [0, 0.1) is 6.92 Å². The topological polar surface area (TPSA) is 50.9 Å². The van der Waals surface area contributed by atoms with E-state index in [4.69, 9.17) is 5.73 Å². The lowest BCUT2D eigenvalue weighted by molar-refractivity contribution is 0.827. The zero-order valence-electron chi connectivity index (χ0n) is 17.0. The Balaban J connectivity index is 0.00000136. The van der Waals surface area contributed by atoms with Crippen molar-refractivity contribution in [3.8, 4) is 20.9 Å². The number of hydrogen-bond donors (Lipinski definition) is 3. The first-order valence-electron chi connectivity index (χ1n) is 9.24. The number of nitrogens with zero attached hydrogens (tertiary/aromatic N) is 1. The van der Waals surface area contributed by atoms with E-state index >= 15 is 0 Å². The fourth-order valence-electron chi connectivity index (χ4n) is 2.96. The minimum absolute atomic E-state index is 0.332. The van der Waals surface area contributed by atoms with Gasteiger partial charge in [0.15, 0.2) is 0 Å². The molecule has 5 heteroatoms. The van der Waals surface area contributed by atoms with Crippen molar-refractivity contribution in [2.24, 2.45) is 0 Å². The van der Waals surface area contributed by atoms with Gasteiger partial charge in [0.1, 0.15) is 0 Å². The van der Waals surface area contributed by atoms with Crippen molar-refractivity contribution in [2.75, 3.05) is 12.0 Å². The number of nitrogens with two attached hydrogens (primary N) is 1. The molecule has 28 heavy (non-hydrogen) atoms. The van der Waals surface area contributed by atoms with Crippen LogP contribution in [0.1, 0.15) is 36.6 Å². The summed E-state index contributed by atoms with van der Waals surface area (Å²) in [5, 5.41) is 3.18. The van der Waals surface area contributed by atoms with Crippen molar-refractivity contribution in [1.82, 2.24) is 10.3 Å². The number of nitrogens with one attached hydrogen (secondary N) is 1. The van der Waals surface area contributed by atoms with Gasteiger partial charge < -0.3 is 11.1 Å². The second kappa shape index (κ2) is 10.3. The molecule has 1 aromatic carbocycles. The van der Waals surface area contributed by atoms with Gasteiger partial charge in [0, 0.05) is 28.1 Å². The van der Waals surface area contributed by atoms with Gasteiger partial charge in [-0.15, -0.1) is 11.3 Å². The van der Waals surface area contributed by atoms with Gasteiger partial charge in [-0.2, -0.15) is 12.6 Å². The van der Waals surface area contributed by atoms with E-state index in [0.717, 1.165) is 23.5 Å². The number of rotatable bonds is 6. The second-order valence-corrected chi connectivity index (χ2v) is 7.83. The molecule has 0 radical (unpaired) electrons. The maximum Gasteiger partial charge on any atom is 0.0658 e. The predicted molar refractivity (Wildman–Crippen MR) is 128 cm³/mol. The summed E-state index contributed by atoms with van der Waals surface area (Å²) < 4.78 is 0. The van der Waals surface area contributed by atoms with Gasteiger partial charge in [-0.25, -0.2) is 0 Å². The van der Waals surface area contributed by atoms with E-state index in [9.17, 15) is 0 Å². The summed E-state index contributed by atoms with van der Waals surface area (Å²) in [7, 11) is 0. The summed E-state index contributed by atoms with van der Waals surface area (Å²) in [4.78, 5) is 6.98. The monoisotopic (exact) mass is 411 g/mol. The number of thiol groups is 1. The Labute approximate surface area is 178 Å². The lowest BCUT2D eigenvalue weighted by atomic mass is 10.0. The van der Waals surface area contributed by atoms with Crippen molar-refractivity contribution in [1.29, 1.82) is 0 Å². The molecule has 0 aliphatic rings. The van der Waals surface area contributed by atoms with Crippen LogP contribution in [-0.4, -0.2) is 11.2 Å². The van der Waals surface area contributed by atoms with Crippen molar-refractivity contribution in [3.63, 3.8) is 0 Å². The van der Waals surface area contributed by atoms with Crippen LogP contribution < -0.4 is 11.1 Å². The molecule has 0 aliphatic heterocycles. The van der Waals surface area contributed by atoms with Crippen molar-refractivity contribution < 1.29 is 0 Å². The molecule has 3 rings (SSSR count). The molecule has 0 aliphatic carbocycles. The van der Waals surface area contributed by atoms with Gasteiger partial charge in [-0.05, 0) is 66.3 Å². The van der Waals surface area contributed by atoms with E-state index in [1.165, 1.54) is 26.4 Å². The van der Waals surface area contributed by atoms with Crippen LogP contribution in [0.4, 0.5) is 5.69 Å². The molecular formula is C23H29N3S2. The van der Waals surface area contributed by atoms with Crippen molar-refractivity contribution >= 4 is 29.7 Å². The quantitative estimate of drug-likeness (QED) is 0.419. The average Bonchev–Trinajstić information content (AvgIpc) is 3.19. The van der Waals surface area contributed by atoms with Crippen LogP contribution in [0.2, 0.25) is 0 Å². The first-order chi connectivity index (χ1) is 13.5. The van der Waals surface area contributed by atoms with Crippen LogP contribution in [-0.2, 0) is 6.54 Å². The molecule has 3 N–H and O–H groups in total. The van der Waals surface area contributed by atoms with Crippen LogP contribution in [0.5, 0.6) is 0 Å². The Morgan fingerprint density at radius 1 is 1.14 bits per heavy atom. The lowest BCUT2D eigenvalue weighted by Gasteiger charge is -2.09. The molecule has 0 saturated heterocycles. The summed E-state index contributed by atoms with van der Waals surface area (Å²) in [6.45, 7) is 10.9. The molecule has 0 amide bonds. The smallest absolute Gasteiger partial charge is 0.0658 e. The van der Waals surface area contributed by atoms with E-state index in [2.05, 4.69) is 80.6 Å². The molecule has 0 atom stereocenters. The number of benzene rings is 1. The van der Waals surface area contributed by atoms with Crippen LogP contribution >= 0.6 is 24.0 Å². The van der Waals surface area contributed by atoms with Gasteiger partial charge in [-0.1, -0.05) is 32.6 Å². The van der Waals surface area contributed by atoms with Gasteiger partial charge in [0.05, 0.1) is 11.4 Å². The molecule has 0 spiro atoms. The first kappa shape index (κ1) is 22.1. The minimum Gasteiger partial charge on any atom is -0.397 e. The molecule has 2 heterocycles. The number of pyridine rings is 1. The molecule has 3 aromatic rings. The maximum atomic E-state index is 6.19. The zero-order valence-corrected chi connectivity index (χ0v) is 18.7. The third kappa shape index (κ3) is 5.18. The van der Waals surface area contributed by atoms with E-state index in [-0.39, 0.29) is 0 Å². The molecule has 0 bridgehead atoms. The van der Waals surface area contributed by atoms with Gasteiger partial charge in [-0.3, -0.25) is 4.98 Å². The summed E-state index contributed by atoms with van der Waals surface area (Å²) in [6, 6.07) is 12.9. The Morgan fingerprint density at radius 2 is 1.82 bits per heavy atom. The van der Waals surface area contributed by atoms with E-state index in [0.29, 0.717) is 5.92 Å². The Bertz CT molecular complexity index is 929. The third-order valence-electron chi connectivity index (χ3n) is 4.46. The second-order valence-electron chi connectivity index (χ2n) is 6.74. The summed E-state index contributed by atoms with van der Waals surface area (Å²) in [6.07, 6.45) is 5.35. The van der Waals surface area contributed by atoms with Crippen LogP contribution in [0.25, 0.3) is 20.9 Å². The average molecular weight is 412 g/mol. The highest BCUT2D eigenvalue weighted by molar-refractivity contribution is 7.79. The number of aromatic nitrogens is 1. The molecule has 3 nitrogen and oxygen atoms in total. The zero-order chi connectivity index (χ0) is 20.7. The fraction of sp³-hybridized carbons (Fsp3) is 0.261. The highest BCUT2D eigenvalue weighted by Crippen LogP contribution is 2.36. The molecule has 0 saturated carbocycles. The molecule has 148 valence electrons. The van der Waals surface area contributed by atoms with E-state index in [1.807, 2.05) is 12.3 Å². The fourth-order valence-corrected chi connectivity index (χ4v) is 3.94. The summed E-state index contributed by atoms with van der Waals surface area (Å²) >= 11 is 5.29. The molecule has 0 unspecified atom stereocenters. The standard InChI is InChI=1S/C22H25N3S.CH4S/c1-5-24-12-17-10-16(7-6-15(17)4)20-8-9-21(26-20)18-11-19(23)22(14(2)3)25-13-18;1-2/h5-11,13-14,24H,1,12,23H2,2-4H3;2H,1H3. The third-order valence-corrected chi connectivity index (χ3v) is 5.64. The largest absolute Gasteiger partial charge is 0.397 e. The molecule has 0 fully saturated rings. The predicted octanol–water partition coefficient (Wildman–Crippen LogP) is 6.27. The number of hydrogen-bond acceptors (Lipinski definition) is 5. The molecule has 2 aromatic heterocycles. The Kier molecular flexibility index (Phi) is 8.15. The minimum atomic E-state index is 0.332. The van der Waals surface area contributed by atoms with Gasteiger partial charge >= 0.3 is 0 Å². The SMILES string of the molecule is C=CNCc1cc(-c2ccc(-c3cnc(C(C)C)c(N)c3)s2)ccc1C.CS. The van der Waals surface area contributed by atoms with Crippen molar-refractivity contribution in [3.05, 3.63) is 72.2 Å². The van der Waals surface area contributed by atoms with Crippen molar-refractivity contribution in [2.45, 2.75) is 33.2 Å². The normalized spacial score (nSPS) is 10.4. The van der Waals surface area contributed by atoms with Gasteiger partial charge in [0.2, 0.25) is 0 Å². The highest BCUT2D eigenvalue weighted by atomic mass is 32.1. The Morgan fingerprint density at radius 3 is 2.43 bits per heavy atom. The number of nitrogen functional groups attached to an aromatic ring is 1. The number of aryl methyl sites for hydroxylation is 1. The summed E-state index contributed by atoms with van der Waals surface area (Å²) in [5.41, 5.74) is 12.8. The highest BCUT2D eigenvalue weighted by Gasteiger charge is 2.11. The summed E-state index contributed by atoms with van der Waals surface area (Å²) in [5.74, 6) is 0.332.